The van der Waals surface area contributed by atoms with Gasteiger partial charge in [0.25, 0.3) is 0 Å². The van der Waals surface area contributed by atoms with Gasteiger partial charge >= 0.3 is 0 Å². The molecule has 104 valence electrons. The smallest absolute Gasteiger partial charge is 0.191 e. The summed E-state index contributed by atoms with van der Waals surface area (Å²) in [5, 5.41) is 2.14. The van der Waals surface area contributed by atoms with Crippen molar-refractivity contribution in [3.63, 3.8) is 0 Å². The van der Waals surface area contributed by atoms with Crippen molar-refractivity contribution in [3.8, 4) is 0 Å². The first-order valence-corrected chi connectivity index (χ1v) is 7.72. The number of nitrogens with two attached hydrogens (primary N) is 1. The molecule has 2 heterocycles. The molecule has 1 saturated carbocycles. The second-order valence-corrected chi connectivity index (χ2v) is 6.60. The lowest BCUT2D eigenvalue weighted by Gasteiger charge is -2.33. The number of hydrogen-bond donors (Lipinski definition) is 1. The van der Waals surface area contributed by atoms with Crippen LogP contribution in [0.4, 0.5) is 0 Å². The zero-order valence-corrected chi connectivity index (χ0v) is 12.4. The Hall–Kier alpha value is -1.07. The van der Waals surface area contributed by atoms with Gasteiger partial charge in [0.1, 0.15) is 5.60 Å². The summed E-state index contributed by atoms with van der Waals surface area (Å²) in [4.78, 5) is 8.07. The minimum absolute atomic E-state index is 0.317. The van der Waals surface area contributed by atoms with Gasteiger partial charge in [0.05, 0.1) is 13.2 Å². The van der Waals surface area contributed by atoms with Crippen LogP contribution in [0, 0.1) is 0 Å². The third-order valence-electron chi connectivity index (χ3n) is 4.06. The number of rotatable bonds is 3. The van der Waals surface area contributed by atoms with Gasteiger partial charge in [0, 0.05) is 24.4 Å². The molecule has 1 aliphatic heterocycles. The molecule has 3 rings (SSSR count). The van der Waals surface area contributed by atoms with Crippen LogP contribution in [0.2, 0.25) is 0 Å². The van der Waals surface area contributed by atoms with Crippen LogP contribution in [0.15, 0.2) is 16.4 Å². The van der Waals surface area contributed by atoms with Gasteiger partial charge in [-0.3, -0.25) is 0 Å². The fourth-order valence-electron chi connectivity index (χ4n) is 2.58. The third-order valence-corrected chi connectivity index (χ3v) is 5.04. The predicted octanol–water partition coefficient (Wildman–Crippen LogP) is 1.94. The highest BCUT2D eigenvalue weighted by Gasteiger charge is 2.34. The highest BCUT2D eigenvalue weighted by molar-refractivity contribution is 7.10. The minimum Gasteiger partial charge on any atom is -0.370 e. The van der Waals surface area contributed by atoms with Gasteiger partial charge in [-0.25, -0.2) is 4.99 Å². The molecule has 0 aromatic carbocycles. The number of aliphatic imine (C=N–C) groups is 1. The van der Waals surface area contributed by atoms with Crippen molar-refractivity contribution in [2.45, 2.75) is 37.8 Å². The highest BCUT2D eigenvalue weighted by atomic mass is 32.1. The summed E-state index contributed by atoms with van der Waals surface area (Å²) >= 11 is 1.81. The molecule has 1 atom stereocenters. The van der Waals surface area contributed by atoms with Gasteiger partial charge in [-0.1, -0.05) is 0 Å². The van der Waals surface area contributed by atoms with Gasteiger partial charge in [-0.05, 0) is 36.8 Å². The number of guanidine groups is 1. The Morgan fingerprint density at radius 3 is 3.16 bits per heavy atom. The van der Waals surface area contributed by atoms with Crippen LogP contribution >= 0.6 is 11.3 Å². The lowest BCUT2D eigenvalue weighted by molar-refractivity contribution is -0.0376. The van der Waals surface area contributed by atoms with E-state index in [4.69, 9.17) is 10.5 Å². The summed E-state index contributed by atoms with van der Waals surface area (Å²) in [7, 11) is 2.02. The Labute approximate surface area is 118 Å². The summed E-state index contributed by atoms with van der Waals surface area (Å²) in [6.07, 6.45) is 3.48. The van der Waals surface area contributed by atoms with E-state index in [0.29, 0.717) is 18.5 Å². The Morgan fingerprint density at radius 1 is 1.63 bits per heavy atom. The van der Waals surface area contributed by atoms with Crippen molar-refractivity contribution in [2.75, 3.05) is 20.2 Å². The zero-order chi connectivity index (χ0) is 13.5. The fraction of sp³-hybridized carbons (Fsp3) is 0.643. The van der Waals surface area contributed by atoms with Crippen LogP contribution in [0.5, 0.6) is 0 Å². The van der Waals surface area contributed by atoms with Crippen molar-refractivity contribution in [3.05, 3.63) is 21.9 Å². The van der Waals surface area contributed by atoms with Gasteiger partial charge in [-0.2, -0.15) is 0 Å². The van der Waals surface area contributed by atoms with Crippen LogP contribution in [-0.2, 0) is 16.8 Å². The Kier molecular flexibility index (Phi) is 3.27. The average Bonchev–Trinajstić information content (AvgIpc) is 3.13. The number of nitrogens with zero attached hydrogens (tertiary/aromatic N) is 2. The van der Waals surface area contributed by atoms with E-state index < -0.39 is 0 Å². The maximum absolute atomic E-state index is 6.05. The molecule has 0 bridgehead atoms. The molecule has 1 aliphatic carbocycles. The molecule has 2 aliphatic rings. The Bertz CT molecular complexity index is 495. The third kappa shape index (κ3) is 2.49. The molecule has 5 heteroatoms. The van der Waals surface area contributed by atoms with Crippen molar-refractivity contribution in [1.29, 1.82) is 0 Å². The molecule has 4 nitrogen and oxygen atoms in total. The number of thiophene rings is 1. The first-order valence-electron chi connectivity index (χ1n) is 6.84. The van der Waals surface area contributed by atoms with Crippen LogP contribution < -0.4 is 5.73 Å². The van der Waals surface area contributed by atoms with Crippen LogP contribution in [-0.4, -0.2) is 37.1 Å². The SMILES string of the molecule is CN(C(N)=NCC1(C)OCCc2sccc21)C1CC1. The first-order chi connectivity index (χ1) is 9.10. The quantitative estimate of drug-likeness (QED) is 0.679. The number of fused-ring (bicyclic) bond motifs is 1. The highest BCUT2D eigenvalue weighted by Crippen LogP contribution is 2.36. The second-order valence-electron chi connectivity index (χ2n) is 5.60. The monoisotopic (exact) mass is 279 g/mol. The zero-order valence-electron chi connectivity index (χ0n) is 11.6. The van der Waals surface area contributed by atoms with E-state index in [9.17, 15) is 0 Å². The van der Waals surface area contributed by atoms with E-state index in [0.717, 1.165) is 13.0 Å². The molecule has 0 amide bonds. The van der Waals surface area contributed by atoms with Gasteiger partial charge in [-0.15, -0.1) is 11.3 Å². The van der Waals surface area contributed by atoms with E-state index in [2.05, 4.69) is 28.3 Å². The summed E-state index contributed by atoms with van der Waals surface area (Å²) in [6, 6.07) is 2.76. The van der Waals surface area contributed by atoms with E-state index in [1.54, 1.807) is 0 Å². The van der Waals surface area contributed by atoms with Gasteiger partial charge < -0.3 is 15.4 Å². The predicted molar refractivity (Wildman–Crippen MR) is 78.6 cm³/mol. The van der Waals surface area contributed by atoms with Crippen molar-refractivity contribution in [2.24, 2.45) is 10.7 Å². The van der Waals surface area contributed by atoms with E-state index in [-0.39, 0.29) is 5.60 Å². The van der Waals surface area contributed by atoms with Crippen LogP contribution in [0.1, 0.15) is 30.2 Å². The lowest BCUT2D eigenvalue weighted by Crippen LogP contribution is -2.39. The Balaban J connectivity index is 1.74. The van der Waals surface area contributed by atoms with Crippen molar-refractivity contribution >= 4 is 17.3 Å². The van der Waals surface area contributed by atoms with Crippen LogP contribution in [0.3, 0.4) is 0 Å². The molecule has 1 unspecified atom stereocenters. The fourth-order valence-corrected chi connectivity index (χ4v) is 3.56. The number of ether oxygens (including phenoxy) is 1. The van der Waals surface area contributed by atoms with Crippen LogP contribution in [0.25, 0.3) is 0 Å². The van der Waals surface area contributed by atoms with Gasteiger partial charge in [0.15, 0.2) is 5.96 Å². The van der Waals surface area contributed by atoms with Crippen molar-refractivity contribution < 1.29 is 4.74 Å². The molecule has 0 saturated heterocycles. The minimum atomic E-state index is -0.317. The summed E-state index contributed by atoms with van der Waals surface area (Å²) < 4.78 is 5.98. The molecule has 1 aromatic heterocycles. The molecule has 0 radical (unpaired) electrons. The van der Waals surface area contributed by atoms with E-state index in [1.807, 2.05) is 18.4 Å². The molecule has 1 aromatic rings. The van der Waals surface area contributed by atoms with Crippen molar-refractivity contribution in [1.82, 2.24) is 4.90 Å². The molecular formula is C14H21N3OS. The summed E-state index contributed by atoms with van der Waals surface area (Å²) in [5.74, 6) is 0.634. The normalized spacial score (nSPS) is 27.2. The lowest BCUT2D eigenvalue weighted by atomic mass is 9.93. The summed E-state index contributed by atoms with van der Waals surface area (Å²) in [5.41, 5.74) is 7.02. The largest absolute Gasteiger partial charge is 0.370 e. The standard InChI is InChI=1S/C14H21N3OS/c1-14(9-16-13(15)17(2)10-3-4-10)11-6-8-19-12(11)5-7-18-14/h6,8,10H,3-5,7,9H2,1-2H3,(H2,15,16). The second kappa shape index (κ2) is 4.80. The molecular weight excluding hydrogens is 258 g/mol. The first kappa shape index (κ1) is 12.9. The molecule has 1 fully saturated rings. The van der Waals surface area contributed by atoms with Gasteiger partial charge in [0.2, 0.25) is 0 Å². The summed E-state index contributed by atoms with van der Waals surface area (Å²) in [6.45, 7) is 3.49. The topological polar surface area (TPSA) is 50.8 Å². The molecule has 2 N–H and O–H groups in total. The molecule has 0 spiro atoms. The van der Waals surface area contributed by atoms with E-state index >= 15 is 0 Å². The average molecular weight is 279 g/mol. The Morgan fingerprint density at radius 2 is 2.42 bits per heavy atom. The van der Waals surface area contributed by atoms with E-state index in [1.165, 1.54) is 23.3 Å². The number of hydrogen-bond acceptors (Lipinski definition) is 3. The molecule has 19 heavy (non-hydrogen) atoms. The maximum Gasteiger partial charge on any atom is 0.191 e. The maximum atomic E-state index is 6.05.